The van der Waals surface area contributed by atoms with Gasteiger partial charge in [0.05, 0.1) is 6.42 Å². The fraction of sp³-hybridized carbons (Fsp3) is 0.400. The molecule has 2 rings (SSSR count). The van der Waals surface area contributed by atoms with Gasteiger partial charge in [0.2, 0.25) is 5.91 Å². The van der Waals surface area contributed by atoms with E-state index in [1.54, 1.807) is 0 Å². The van der Waals surface area contributed by atoms with Crippen molar-refractivity contribution in [2.75, 3.05) is 13.2 Å². The molecule has 0 aliphatic carbocycles. The van der Waals surface area contributed by atoms with Crippen LogP contribution >= 0.6 is 11.3 Å². The molecule has 1 heterocycles. The van der Waals surface area contributed by atoms with Gasteiger partial charge in [-0.15, -0.1) is 11.3 Å². The maximum absolute atomic E-state index is 11.8. The molecule has 29 heavy (non-hydrogen) atoms. The van der Waals surface area contributed by atoms with E-state index in [0.717, 1.165) is 16.8 Å². The van der Waals surface area contributed by atoms with Crippen LogP contribution in [0.3, 0.4) is 0 Å². The second kappa shape index (κ2) is 10.6. The van der Waals surface area contributed by atoms with Crippen molar-refractivity contribution in [2.24, 2.45) is 0 Å². The largest absolute Gasteiger partial charge is 0.482 e. The zero-order valence-electron chi connectivity index (χ0n) is 16.9. The number of amides is 2. The molecule has 156 valence electrons. The molecule has 0 saturated carbocycles. The molecule has 1 aromatic carbocycles. The van der Waals surface area contributed by atoms with Gasteiger partial charge in [-0.1, -0.05) is 26.0 Å². The monoisotopic (exact) mass is 419 g/mol. The zero-order chi connectivity index (χ0) is 21.4. The van der Waals surface area contributed by atoms with Crippen LogP contribution in [0.25, 0.3) is 0 Å². The van der Waals surface area contributed by atoms with Crippen molar-refractivity contribution in [1.82, 2.24) is 15.8 Å². The van der Waals surface area contributed by atoms with E-state index in [2.05, 4.69) is 15.8 Å². The van der Waals surface area contributed by atoms with Crippen LogP contribution in [0.4, 0.5) is 0 Å². The number of benzene rings is 1. The van der Waals surface area contributed by atoms with Gasteiger partial charge in [-0.05, 0) is 37.0 Å². The number of aromatic nitrogens is 1. The highest BCUT2D eigenvalue weighted by Gasteiger charge is 2.13. The van der Waals surface area contributed by atoms with E-state index in [1.165, 1.54) is 11.3 Å². The summed E-state index contributed by atoms with van der Waals surface area (Å²) in [4.78, 5) is 39.5. The summed E-state index contributed by atoms with van der Waals surface area (Å²) in [6, 6.07) is 5.80. The average molecular weight is 420 g/mol. The minimum absolute atomic E-state index is 0.0566. The zero-order valence-corrected chi connectivity index (χ0v) is 17.7. The average Bonchev–Trinajstić information content (AvgIpc) is 3.07. The van der Waals surface area contributed by atoms with Gasteiger partial charge < -0.3 is 9.47 Å². The molecule has 0 unspecified atom stereocenters. The van der Waals surface area contributed by atoms with Gasteiger partial charge in [0.15, 0.2) is 13.2 Å². The van der Waals surface area contributed by atoms with Crippen LogP contribution in [-0.4, -0.2) is 36.0 Å². The molecular formula is C20H25N3O5S. The first-order chi connectivity index (χ1) is 13.7. The number of hydrogen-bond acceptors (Lipinski definition) is 7. The Morgan fingerprint density at radius 1 is 1.10 bits per heavy atom. The number of nitrogens with zero attached hydrogens (tertiary/aromatic N) is 1. The van der Waals surface area contributed by atoms with E-state index in [0.29, 0.717) is 10.8 Å². The van der Waals surface area contributed by atoms with Crippen molar-refractivity contribution in [3.05, 3.63) is 45.4 Å². The lowest BCUT2D eigenvalue weighted by Crippen LogP contribution is -2.44. The Balaban J connectivity index is 1.70. The summed E-state index contributed by atoms with van der Waals surface area (Å²) < 4.78 is 10.4. The summed E-state index contributed by atoms with van der Waals surface area (Å²) in [5.74, 6) is -0.889. The molecule has 0 saturated heterocycles. The van der Waals surface area contributed by atoms with E-state index >= 15 is 0 Å². The fourth-order valence-electron chi connectivity index (χ4n) is 2.41. The molecule has 0 fully saturated rings. The topological polar surface area (TPSA) is 107 Å². The summed E-state index contributed by atoms with van der Waals surface area (Å²) in [5, 5.41) is 2.48. The molecule has 0 spiro atoms. The van der Waals surface area contributed by atoms with Gasteiger partial charge in [0, 0.05) is 11.1 Å². The molecule has 8 nitrogen and oxygen atoms in total. The maximum Gasteiger partial charge on any atom is 0.344 e. The molecule has 9 heteroatoms. The summed E-state index contributed by atoms with van der Waals surface area (Å²) in [6.45, 7) is 6.99. The molecule has 0 aliphatic heterocycles. The van der Waals surface area contributed by atoms with Crippen LogP contribution in [0.15, 0.2) is 23.6 Å². The van der Waals surface area contributed by atoms with E-state index < -0.39 is 24.4 Å². The number of hydrogen-bond donors (Lipinski definition) is 2. The Labute approximate surface area is 173 Å². The van der Waals surface area contributed by atoms with Gasteiger partial charge in [0.25, 0.3) is 5.91 Å². The van der Waals surface area contributed by atoms with Crippen molar-refractivity contribution in [1.29, 1.82) is 0 Å². The van der Waals surface area contributed by atoms with Crippen LogP contribution in [-0.2, 0) is 25.5 Å². The van der Waals surface area contributed by atoms with Gasteiger partial charge in [-0.3, -0.25) is 20.4 Å². The van der Waals surface area contributed by atoms with Crippen LogP contribution < -0.4 is 15.6 Å². The molecule has 0 radical (unpaired) electrons. The van der Waals surface area contributed by atoms with Crippen molar-refractivity contribution in [2.45, 2.75) is 40.0 Å². The van der Waals surface area contributed by atoms with Crippen molar-refractivity contribution in [3.8, 4) is 5.75 Å². The lowest BCUT2D eigenvalue weighted by molar-refractivity contribution is -0.150. The van der Waals surface area contributed by atoms with E-state index in [9.17, 15) is 14.4 Å². The van der Waals surface area contributed by atoms with Crippen LogP contribution in [0.1, 0.15) is 41.6 Å². The summed E-state index contributed by atoms with van der Waals surface area (Å²) in [5.41, 5.74) is 7.28. The van der Waals surface area contributed by atoms with Crippen molar-refractivity contribution in [3.63, 3.8) is 0 Å². The Hall–Kier alpha value is -2.94. The number of nitrogens with one attached hydrogen (secondary N) is 2. The molecule has 0 aliphatic rings. The molecule has 2 amide bonds. The first-order valence-corrected chi connectivity index (χ1v) is 10.00. The maximum atomic E-state index is 11.8. The second-order valence-corrected chi connectivity index (χ2v) is 7.74. The normalized spacial score (nSPS) is 10.5. The molecular weight excluding hydrogens is 394 g/mol. The quantitative estimate of drug-likeness (QED) is 0.502. The predicted molar refractivity (Wildman–Crippen MR) is 109 cm³/mol. The third-order valence-corrected chi connectivity index (χ3v) is 4.79. The number of esters is 1. The lowest BCUT2D eigenvalue weighted by atomic mass is 10.0. The van der Waals surface area contributed by atoms with Crippen molar-refractivity contribution < 1.29 is 23.9 Å². The number of rotatable bonds is 8. The van der Waals surface area contributed by atoms with Gasteiger partial charge in [-0.2, -0.15) is 0 Å². The molecule has 0 bridgehead atoms. The summed E-state index contributed by atoms with van der Waals surface area (Å²) in [6.07, 6.45) is 0.0566. The molecule has 1 aromatic heterocycles. The predicted octanol–water partition coefficient (Wildman–Crippen LogP) is 2.20. The highest BCUT2D eigenvalue weighted by atomic mass is 32.1. The minimum atomic E-state index is -0.680. The fourth-order valence-corrected chi connectivity index (χ4v) is 3.18. The van der Waals surface area contributed by atoms with Gasteiger partial charge in [0.1, 0.15) is 10.8 Å². The Morgan fingerprint density at radius 2 is 1.83 bits per heavy atom. The third kappa shape index (κ3) is 7.53. The highest BCUT2D eigenvalue weighted by Crippen LogP contribution is 2.27. The smallest absolute Gasteiger partial charge is 0.344 e. The van der Waals surface area contributed by atoms with Gasteiger partial charge >= 0.3 is 5.97 Å². The number of carbonyl (C=O) groups excluding carboxylic acids is 3. The number of ether oxygens (including phenoxy) is 2. The van der Waals surface area contributed by atoms with Crippen molar-refractivity contribution >= 4 is 29.1 Å². The van der Waals surface area contributed by atoms with Gasteiger partial charge in [-0.25, -0.2) is 9.78 Å². The Morgan fingerprint density at radius 3 is 2.48 bits per heavy atom. The molecule has 2 N–H and O–H groups in total. The SMILES string of the molecule is Cc1ccc(C(C)C)c(OCC(=O)OCC(=O)NNC(=O)Cc2nc(C)cs2)c1. The highest BCUT2D eigenvalue weighted by molar-refractivity contribution is 7.09. The number of carbonyl (C=O) groups is 3. The lowest BCUT2D eigenvalue weighted by Gasteiger charge is -2.14. The summed E-state index contributed by atoms with van der Waals surface area (Å²) in [7, 11) is 0. The van der Waals surface area contributed by atoms with Crippen LogP contribution in [0, 0.1) is 13.8 Å². The number of hydrazine groups is 1. The van der Waals surface area contributed by atoms with E-state index in [4.69, 9.17) is 9.47 Å². The van der Waals surface area contributed by atoms with E-state index in [-0.39, 0.29) is 18.9 Å². The summed E-state index contributed by atoms with van der Waals surface area (Å²) >= 11 is 1.37. The number of thiazole rings is 1. The number of aryl methyl sites for hydroxylation is 2. The van der Waals surface area contributed by atoms with Crippen LogP contribution in [0.5, 0.6) is 5.75 Å². The van der Waals surface area contributed by atoms with E-state index in [1.807, 2.05) is 51.3 Å². The first-order valence-electron chi connectivity index (χ1n) is 9.12. The standard InChI is InChI=1S/C20H25N3O5S/c1-12(2)15-6-5-13(3)7-16(15)27-10-20(26)28-9-18(25)23-22-17(24)8-19-21-14(4)11-29-19/h5-7,11-12H,8-10H2,1-4H3,(H,22,24)(H,23,25). The Kier molecular flexibility index (Phi) is 8.14. The first kappa shape index (κ1) is 22.4. The Bertz CT molecular complexity index is 879. The molecule has 0 atom stereocenters. The van der Waals surface area contributed by atoms with Crippen LogP contribution in [0.2, 0.25) is 0 Å². The molecule has 2 aromatic rings. The third-order valence-electron chi connectivity index (χ3n) is 3.82. The minimum Gasteiger partial charge on any atom is -0.482 e. The second-order valence-electron chi connectivity index (χ2n) is 6.80.